The van der Waals surface area contributed by atoms with Crippen molar-refractivity contribution >= 4 is 31.6 Å². The van der Waals surface area contributed by atoms with E-state index in [2.05, 4.69) is 29.9 Å². The topological polar surface area (TPSA) is 96.2 Å². The molecule has 2 aliphatic rings. The predicted molar refractivity (Wildman–Crippen MR) is 158 cm³/mol. The summed E-state index contributed by atoms with van der Waals surface area (Å²) in [5.41, 5.74) is 2.46. The Morgan fingerprint density at radius 3 is 2.60 bits per heavy atom. The molecule has 216 valence electrons. The number of amides is 4. The van der Waals surface area contributed by atoms with Crippen LogP contribution in [0.4, 0.5) is 9.18 Å². The number of imide groups is 1. The van der Waals surface area contributed by atoms with Crippen LogP contribution in [0.1, 0.15) is 21.5 Å². The third-order valence-corrected chi connectivity index (χ3v) is 9.57. The zero-order valence-electron chi connectivity index (χ0n) is 23.8. The van der Waals surface area contributed by atoms with E-state index in [1.54, 1.807) is 24.4 Å². The predicted octanol–water partition coefficient (Wildman–Crippen LogP) is 4.86. The van der Waals surface area contributed by atoms with Crippen LogP contribution in [0.15, 0.2) is 73.1 Å². The molecule has 9 nitrogen and oxygen atoms in total. The molecule has 2 aromatic carbocycles. The number of ether oxygens (including phenoxy) is 1. The van der Waals surface area contributed by atoms with Crippen molar-refractivity contribution in [2.45, 2.75) is 37.8 Å². The Kier molecular flexibility index (Phi) is 6.94. The van der Waals surface area contributed by atoms with Gasteiger partial charge < -0.3 is 15.0 Å². The molecular weight excluding hydrogens is 553 g/mol. The molecule has 1 fully saturated rings. The number of benzene rings is 2. The second-order valence-corrected chi connectivity index (χ2v) is 17.7. The number of hydrogen-bond acceptors (Lipinski definition) is 5. The van der Waals surface area contributed by atoms with Crippen molar-refractivity contribution in [1.82, 2.24) is 24.5 Å². The van der Waals surface area contributed by atoms with E-state index < -0.39 is 37.3 Å². The number of urea groups is 1. The first-order chi connectivity index (χ1) is 20.1. The summed E-state index contributed by atoms with van der Waals surface area (Å²) in [6, 6.07) is 17.5. The summed E-state index contributed by atoms with van der Waals surface area (Å²) in [4.78, 5) is 47.7. The highest BCUT2D eigenvalue weighted by Gasteiger charge is 2.54. The maximum atomic E-state index is 14.1. The number of rotatable bonds is 9. The number of imidazole rings is 1. The lowest BCUT2D eigenvalue weighted by molar-refractivity contribution is -0.135. The van der Waals surface area contributed by atoms with Gasteiger partial charge >= 0.3 is 6.03 Å². The summed E-state index contributed by atoms with van der Waals surface area (Å²) in [7, 11) is -1.37. The molecule has 1 saturated heterocycles. The van der Waals surface area contributed by atoms with Crippen molar-refractivity contribution < 1.29 is 23.5 Å². The van der Waals surface area contributed by atoms with Crippen molar-refractivity contribution in [2.24, 2.45) is 0 Å². The number of hydrogen-bond donors (Lipinski definition) is 1. The molecule has 42 heavy (non-hydrogen) atoms. The maximum Gasteiger partial charge on any atom is 0.327 e. The number of halogens is 1. The van der Waals surface area contributed by atoms with Gasteiger partial charge in [-0.05, 0) is 41.4 Å². The third kappa shape index (κ3) is 4.99. The maximum absolute atomic E-state index is 14.1. The number of carbonyl (C=O) groups is 3. The average molecular weight is 586 g/mol. The van der Waals surface area contributed by atoms with E-state index in [9.17, 15) is 18.8 Å². The minimum Gasteiger partial charge on any atom is -0.361 e. The Morgan fingerprint density at radius 2 is 1.83 bits per heavy atom. The van der Waals surface area contributed by atoms with Gasteiger partial charge in [-0.25, -0.2) is 19.1 Å². The molecule has 0 bridgehead atoms. The molecule has 4 heterocycles. The highest BCUT2D eigenvalue weighted by molar-refractivity contribution is 6.76. The molecule has 1 atom stereocenters. The average Bonchev–Trinajstić information content (AvgIpc) is 3.59. The molecule has 2 aromatic heterocycles. The molecule has 4 amide bonds. The van der Waals surface area contributed by atoms with Gasteiger partial charge in [-0.15, -0.1) is 0 Å². The van der Waals surface area contributed by atoms with E-state index in [1.165, 1.54) is 17.0 Å². The smallest absolute Gasteiger partial charge is 0.327 e. The largest absolute Gasteiger partial charge is 0.361 e. The Hall–Kier alpha value is -4.35. The minimum atomic E-state index is -1.55. The number of pyridine rings is 1. The van der Waals surface area contributed by atoms with E-state index in [0.29, 0.717) is 17.7 Å². The third-order valence-electron chi connectivity index (χ3n) is 7.86. The zero-order valence-corrected chi connectivity index (χ0v) is 24.8. The lowest BCUT2D eigenvalue weighted by Gasteiger charge is -2.32. The molecule has 0 radical (unpaired) electrons. The number of aromatic nitrogens is 2. The SMILES string of the molecule is C[Si](C)(C)CCOCN1C(=O)N[C@@](CN2Cc3ccc(F)cc3C2=O)(c2ccc(-c3cnc4ccccn34)cc2)C1=O. The molecular formula is C31H32FN5O4Si. The second kappa shape index (κ2) is 10.5. The van der Waals surface area contributed by atoms with Gasteiger partial charge in [0.2, 0.25) is 0 Å². The summed E-state index contributed by atoms with van der Waals surface area (Å²) >= 11 is 0. The van der Waals surface area contributed by atoms with Crippen LogP contribution in [0.25, 0.3) is 16.9 Å². The fraction of sp³-hybridized carbons (Fsp3) is 0.290. The van der Waals surface area contributed by atoms with Crippen molar-refractivity contribution in [1.29, 1.82) is 0 Å². The van der Waals surface area contributed by atoms with Gasteiger partial charge in [-0.3, -0.25) is 14.0 Å². The number of carbonyl (C=O) groups excluding carboxylic acids is 3. The van der Waals surface area contributed by atoms with Gasteiger partial charge in [0.15, 0.2) is 5.54 Å². The van der Waals surface area contributed by atoms with E-state index in [-0.39, 0.29) is 25.4 Å². The van der Waals surface area contributed by atoms with Crippen LogP contribution < -0.4 is 5.32 Å². The fourth-order valence-corrected chi connectivity index (χ4v) is 6.25. The van der Waals surface area contributed by atoms with Gasteiger partial charge in [0.05, 0.1) is 18.4 Å². The van der Waals surface area contributed by atoms with Crippen LogP contribution in [-0.4, -0.2) is 65.0 Å². The molecule has 0 aliphatic carbocycles. The van der Waals surface area contributed by atoms with Crippen molar-refractivity contribution in [2.75, 3.05) is 19.9 Å². The Bertz CT molecular complexity index is 1700. The summed E-state index contributed by atoms with van der Waals surface area (Å²) in [6.45, 7) is 7.02. The van der Waals surface area contributed by atoms with Crippen LogP contribution in [0, 0.1) is 5.82 Å². The van der Waals surface area contributed by atoms with E-state index >= 15 is 0 Å². The van der Waals surface area contributed by atoms with Crippen molar-refractivity contribution in [3.8, 4) is 11.3 Å². The zero-order chi connectivity index (χ0) is 29.6. The quantitative estimate of drug-likeness (QED) is 0.172. The Morgan fingerprint density at radius 1 is 1.05 bits per heavy atom. The van der Waals surface area contributed by atoms with Crippen molar-refractivity contribution in [3.63, 3.8) is 0 Å². The summed E-state index contributed by atoms with van der Waals surface area (Å²) in [5, 5.41) is 2.89. The Balaban J connectivity index is 1.32. The second-order valence-electron chi connectivity index (χ2n) is 12.0. The van der Waals surface area contributed by atoms with Crippen LogP contribution in [0.5, 0.6) is 0 Å². The summed E-state index contributed by atoms with van der Waals surface area (Å²) in [5.74, 6) is -1.40. The van der Waals surface area contributed by atoms with Gasteiger partial charge in [-0.1, -0.05) is 56.0 Å². The molecule has 1 N–H and O–H groups in total. The molecule has 2 aliphatic heterocycles. The van der Waals surface area contributed by atoms with Crippen LogP contribution >= 0.6 is 0 Å². The molecule has 4 aromatic rings. The van der Waals surface area contributed by atoms with Gasteiger partial charge in [-0.2, -0.15) is 0 Å². The lowest BCUT2D eigenvalue weighted by atomic mass is 9.88. The summed E-state index contributed by atoms with van der Waals surface area (Å²) < 4.78 is 21.7. The Labute approximate surface area is 243 Å². The number of fused-ring (bicyclic) bond motifs is 2. The first-order valence-corrected chi connectivity index (χ1v) is 17.6. The first kappa shape index (κ1) is 27.8. The molecule has 0 spiro atoms. The number of nitrogens with zero attached hydrogens (tertiary/aromatic N) is 4. The normalized spacial score (nSPS) is 18.7. The monoisotopic (exact) mass is 585 g/mol. The number of nitrogens with one attached hydrogen (secondary N) is 1. The first-order valence-electron chi connectivity index (χ1n) is 13.9. The molecule has 0 unspecified atom stereocenters. The van der Waals surface area contributed by atoms with Crippen LogP contribution in [0.3, 0.4) is 0 Å². The van der Waals surface area contributed by atoms with Crippen LogP contribution in [0.2, 0.25) is 25.7 Å². The van der Waals surface area contributed by atoms with Gasteiger partial charge in [0.1, 0.15) is 18.2 Å². The van der Waals surface area contributed by atoms with Crippen LogP contribution in [-0.2, 0) is 21.6 Å². The van der Waals surface area contributed by atoms with E-state index in [1.807, 2.05) is 40.9 Å². The summed E-state index contributed by atoms with van der Waals surface area (Å²) in [6.07, 6.45) is 3.70. The lowest BCUT2D eigenvalue weighted by Crippen LogP contribution is -2.53. The van der Waals surface area contributed by atoms with Crippen molar-refractivity contribution in [3.05, 3.63) is 95.6 Å². The van der Waals surface area contributed by atoms with Gasteiger partial charge in [0.25, 0.3) is 11.8 Å². The minimum absolute atomic E-state index is 0.118. The highest BCUT2D eigenvalue weighted by atomic mass is 28.3. The van der Waals surface area contributed by atoms with E-state index in [4.69, 9.17) is 4.74 Å². The standard InChI is InChI=1S/C31H32FN5O4Si/c1-42(2,3)15-14-41-20-37-29(39)31(34-30(37)40,19-35-18-22-9-12-24(32)16-25(22)28(35)38)23-10-7-21(8-11-23)26-17-33-27-6-4-5-13-36(26)27/h4-13,16-17H,14-15,18-20H2,1-3H3,(H,34,40)/t31-/m0/s1. The highest BCUT2D eigenvalue weighted by Crippen LogP contribution is 2.35. The molecule has 0 saturated carbocycles. The fourth-order valence-electron chi connectivity index (χ4n) is 5.49. The molecule has 6 rings (SSSR count). The molecule has 11 heteroatoms. The van der Waals surface area contributed by atoms with Gasteiger partial charge in [0, 0.05) is 38.5 Å². The van der Waals surface area contributed by atoms with E-state index in [0.717, 1.165) is 27.8 Å².